The minimum absolute atomic E-state index is 0.0486. The number of nitro groups is 4. The van der Waals surface area contributed by atoms with Crippen LogP contribution in [-0.4, -0.2) is 35.8 Å². The van der Waals surface area contributed by atoms with Crippen LogP contribution in [0.2, 0.25) is 0 Å². The Bertz CT molecular complexity index is 1730. The van der Waals surface area contributed by atoms with Gasteiger partial charge in [0, 0.05) is 12.3 Å². The van der Waals surface area contributed by atoms with E-state index in [9.17, 15) is 50.4 Å². The molecule has 3 N–H and O–H groups in total. The lowest BCUT2D eigenvalue weighted by Gasteiger charge is -2.07. The minimum atomic E-state index is -0.931. The number of nitrogens with two attached hydrogens (primary N) is 1. The molecular formula is C26H18N6O10. The number of hydrogen-bond acceptors (Lipinski definition) is 11. The largest absolute Gasteiger partial charge is 0.478 e. The number of pyridine rings is 1. The summed E-state index contributed by atoms with van der Waals surface area (Å²) in [4.78, 5) is 52.6. The van der Waals surface area contributed by atoms with Crippen molar-refractivity contribution < 1.29 is 29.6 Å². The fourth-order valence-electron chi connectivity index (χ4n) is 3.70. The third-order valence-electron chi connectivity index (χ3n) is 5.52. The van der Waals surface area contributed by atoms with Crippen LogP contribution in [-0.2, 0) is 0 Å². The number of nitro benzene ring substituents is 3. The highest BCUT2D eigenvalue weighted by atomic mass is 16.6. The summed E-state index contributed by atoms with van der Waals surface area (Å²) in [5, 5.41) is 53.9. The van der Waals surface area contributed by atoms with Gasteiger partial charge in [-0.15, -0.1) is 0 Å². The molecule has 4 aromatic carbocycles. The predicted octanol–water partition coefficient (Wildman–Crippen LogP) is 5.67. The standard InChI is InChI=1S/C15H10O2.C6H3N3O6.C5H5N3O2/c16-15(17)14-12-7-3-1-5-10(12)9-11-6-2-4-8-13(11)14;10-7(11)4-1-5(8(12)13)3-6(2-4)9(14)15;6-5-4(8(9)10)2-1-3-7-5/h1-9H,(H,16,17);1-3H;1-3H,(H2,6,7). The Balaban J connectivity index is 0.000000179. The van der Waals surface area contributed by atoms with Crippen LogP contribution in [0.4, 0.5) is 28.6 Å². The monoisotopic (exact) mass is 574 g/mol. The van der Waals surface area contributed by atoms with Crippen LogP contribution in [0.1, 0.15) is 10.4 Å². The summed E-state index contributed by atoms with van der Waals surface area (Å²) in [7, 11) is 0. The molecule has 212 valence electrons. The van der Waals surface area contributed by atoms with E-state index >= 15 is 0 Å². The number of aromatic carboxylic acids is 1. The average molecular weight is 574 g/mol. The van der Waals surface area contributed by atoms with Gasteiger partial charge in [-0.25, -0.2) is 9.78 Å². The second-order valence-electron chi connectivity index (χ2n) is 8.14. The Morgan fingerprint density at radius 3 is 1.40 bits per heavy atom. The smallest absolute Gasteiger partial charge is 0.336 e. The van der Waals surface area contributed by atoms with Gasteiger partial charge in [0.25, 0.3) is 17.1 Å². The third-order valence-corrected chi connectivity index (χ3v) is 5.52. The first-order chi connectivity index (χ1) is 19.9. The van der Waals surface area contributed by atoms with Gasteiger partial charge in [-0.05, 0) is 33.7 Å². The van der Waals surface area contributed by atoms with E-state index in [1.807, 2.05) is 54.6 Å². The van der Waals surface area contributed by atoms with Crippen LogP contribution in [0.15, 0.2) is 91.1 Å². The molecule has 1 heterocycles. The maximum atomic E-state index is 11.4. The molecule has 0 spiro atoms. The van der Waals surface area contributed by atoms with Crippen LogP contribution < -0.4 is 5.73 Å². The van der Waals surface area contributed by atoms with Crippen LogP contribution in [0, 0.1) is 40.5 Å². The van der Waals surface area contributed by atoms with Gasteiger partial charge in [0.1, 0.15) is 0 Å². The number of nitrogens with zero attached hydrogens (tertiary/aromatic N) is 5. The molecule has 16 heteroatoms. The Morgan fingerprint density at radius 2 is 1.07 bits per heavy atom. The van der Waals surface area contributed by atoms with Crippen molar-refractivity contribution in [1.82, 2.24) is 4.98 Å². The number of benzene rings is 4. The Morgan fingerprint density at radius 1 is 0.643 bits per heavy atom. The first kappa shape index (κ1) is 30.0. The van der Waals surface area contributed by atoms with E-state index in [2.05, 4.69) is 4.98 Å². The molecule has 0 aliphatic carbocycles. The molecule has 16 nitrogen and oxygen atoms in total. The van der Waals surface area contributed by atoms with Crippen molar-refractivity contribution in [3.8, 4) is 0 Å². The van der Waals surface area contributed by atoms with E-state index in [4.69, 9.17) is 5.73 Å². The molecule has 5 rings (SSSR count). The zero-order valence-electron chi connectivity index (χ0n) is 21.1. The maximum Gasteiger partial charge on any atom is 0.336 e. The van der Waals surface area contributed by atoms with Gasteiger partial charge in [-0.2, -0.15) is 0 Å². The zero-order valence-corrected chi connectivity index (χ0v) is 21.1. The second-order valence-corrected chi connectivity index (χ2v) is 8.14. The number of anilines is 1. The van der Waals surface area contributed by atoms with Gasteiger partial charge in [0.15, 0.2) is 0 Å². The number of non-ortho nitro benzene ring substituents is 3. The maximum absolute atomic E-state index is 11.4. The van der Waals surface area contributed by atoms with Crippen molar-refractivity contribution in [2.24, 2.45) is 0 Å². The predicted molar refractivity (Wildman–Crippen MR) is 150 cm³/mol. The lowest BCUT2D eigenvalue weighted by atomic mass is 9.97. The SMILES string of the molecule is Nc1ncccc1[N+](=O)[O-].O=C(O)c1c2ccccc2cc2ccccc12.O=[N+]([O-])c1cc([N+](=O)[O-])cc([N+](=O)[O-])c1. The molecule has 5 aromatic rings. The van der Waals surface area contributed by atoms with Crippen LogP contribution in [0.3, 0.4) is 0 Å². The Kier molecular flexibility index (Phi) is 9.26. The zero-order chi connectivity index (χ0) is 31.0. The highest BCUT2D eigenvalue weighted by molar-refractivity contribution is 6.15. The molecule has 0 bridgehead atoms. The van der Waals surface area contributed by atoms with Gasteiger partial charge >= 0.3 is 11.7 Å². The van der Waals surface area contributed by atoms with E-state index in [1.54, 1.807) is 0 Å². The van der Waals surface area contributed by atoms with Crippen molar-refractivity contribution >= 4 is 56.1 Å². The number of carboxylic acid groups (broad SMARTS) is 1. The normalized spacial score (nSPS) is 10.0. The summed E-state index contributed by atoms with van der Waals surface area (Å²) < 4.78 is 0. The fraction of sp³-hybridized carbons (Fsp3) is 0. The van der Waals surface area contributed by atoms with E-state index < -0.39 is 42.7 Å². The summed E-state index contributed by atoms with van der Waals surface area (Å²) in [5.74, 6) is -0.925. The number of rotatable bonds is 5. The van der Waals surface area contributed by atoms with Crippen molar-refractivity contribution in [2.45, 2.75) is 0 Å². The number of fused-ring (bicyclic) bond motifs is 2. The van der Waals surface area contributed by atoms with E-state index in [0.717, 1.165) is 21.5 Å². The molecule has 0 radical (unpaired) electrons. The molecule has 1 aromatic heterocycles. The molecule has 0 fully saturated rings. The summed E-state index contributed by atoms with van der Waals surface area (Å²) in [6, 6.07) is 21.9. The summed E-state index contributed by atoms with van der Waals surface area (Å²) in [5.41, 5.74) is 3.35. The molecule has 0 aliphatic heterocycles. The molecule has 0 aliphatic rings. The number of nitrogen functional groups attached to an aromatic ring is 1. The molecule has 0 saturated heterocycles. The number of hydrogen-bond donors (Lipinski definition) is 2. The Labute approximate surface area is 233 Å². The van der Waals surface area contributed by atoms with Crippen molar-refractivity contribution in [2.75, 3.05) is 5.73 Å². The highest BCUT2D eigenvalue weighted by Crippen LogP contribution is 2.29. The Hall–Kier alpha value is -6.58. The average Bonchev–Trinajstić information content (AvgIpc) is 2.96. The van der Waals surface area contributed by atoms with Crippen molar-refractivity contribution in [3.05, 3.63) is 137 Å². The van der Waals surface area contributed by atoms with Gasteiger partial charge in [-0.1, -0.05) is 48.5 Å². The summed E-state index contributed by atoms with van der Waals surface area (Å²) in [6.45, 7) is 0. The first-order valence-electron chi connectivity index (χ1n) is 11.5. The molecule has 0 amide bonds. The quantitative estimate of drug-likeness (QED) is 0.146. The van der Waals surface area contributed by atoms with Gasteiger partial charge in [0.2, 0.25) is 5.82 Å². The first-order valence-corrected chi connectivity index (χ1v) is 11.5. The molecular weight excluding hydrogens is 556 g/mol. The van der Waals surface area contributed by atoms with Gasteiger partial charge in [0.05, 0.1) is 43.5 Å². The number of carboxylic acids is 1. The highest BCUT2D eigenvalue weighted by Gasteiger charge is 2.21. The minimum Gasteiger partial charge on any atom is -0.478 e. The van der Waals surface area contributed by atoms with Crippen LogP contribution in [0.25, 0.3) is 21.5 Å². The molecule has 0 atom stereocenters. The van der Waals surface area contributed by atoms with E-state index in [1.165, 1.54) is 18.3 Å². The topological polar surface area (TPSA) is 249 Å². The van der Waals surface area contributed by atoms with Crippen LogP contribution in [0.5, 0.6) is 0 Å². The van der Waals surface area contributed by atoms with Crippen molar-refractivity contribution in [1.29, 1.82) is 0 Å². The van der Waals surface area contributed by atoms with Gasteiger partial charge in [-0.3, -0.25) is 40.5 Å². The summed E-state index contributed by atoms with van der Waals surface area (Å²) >= 11 is 0. The lowest BCUT2D eigenvalue weighted by Crippen LogP contribution is -1.99. The van der Waals surface area contributed by atoms with E-state index in [0.29, 0.717) is 23.8 Å². The second kappa shape index (κ2) is 13.0. The fourth-order valence-corrected chi connectivity index (χ4v) is 3.70. The number of carbonyl (C=O) groups is 1. The van der Waals surface area contributed by atoms with E-state index in [-0.39, 0.29) is 11.5 Å². The van der Waals surface area contributed by atoms with Gasteiger partial charge < -0.3 is 10.8 Å². The lowest BCUT2D eigenvalue weighted by molar-refractivity contribution is -0.403. The molecule has 42 heavy (non-hydrogen) atoms. The third kappa shape index (κ3) is 7.08. The summed E-state index contributed by atoms with van der Waals surface area (Å²) in [6.07, 6.45) is 1.41. The number of aromatic nitrogens is 1. The van der Waals surface area contributed by atoms with Crippen LogP contribution >= 0.6 is 0 Å². The molecule has 0 saturated carbocycles. The molecule has 0 unspecified atom stereocenters. The van der Waals surface area contributed by atoms with Crippen molar-refractivity contribution in [3.63, 3.8) is 0 Å².